The molecule has 1 heterocycles. The fourth-order valence-electron chi connectivity index (χ4n) is 1.77. The number of hydrazine groups is 1. The molecule has 0 aliphatic rings. The highest BCUT2D eigenvalue weighted by Crippen LogP contribution is 2.30. The molecule has 0 bridgehead atoms. The van der Waals surface area contributed by atoms with Gasteiger partial charge in [0.25, 0.3) is 0 Å². The maximum absolute atomic E-state index is 13.5. The lowest BCUT2D eigenvalue weighted by Gasteiger charge is -2.18. The first-order chi connectivity index (χ1) is 8.56. The van der Waals surface area contributed by atoms with Gasteiger partial charge in [-0.3, -0.25) is 10.5 Å². The largest absolute Gasteiger partial charge is 0.271 e. The van der Waals surface area contributed by atoms with E-state index < -0.39 is 17.7 Å². The summed E-state index contributed by atoms with van der Waals surface area (Å²) >= 11 is 3.04. The van der Waals surface area contributed by atoms with Crippen LogP contribution in [0.2, 0.25) is 0 Å². The van der Waals surface area contributed by atoms with Crippen LogP contribution in [-0.4, -0.2) is 9.78 Å². The molecule has 1 aromatic heterocycles. The molecule has 1 atom stereocenters. The topological polar surface area (TPSA) is 55.9 Å². The van der Waals surface area contributed by atoms with Crippen LogP contribution in [0.1, 0.15) is 17.3 Å². The van der Waals surface area contributed by atoms with Crippen LogP contribution in [0.4, 0.5) is 8.78 Å². The number of rotatable bonds is 3. The van der Waals surface area contributed by atoms with Crippen LogP contribution >= 0.6 is 15.9 Å². The smallest absolute Gasteiger partial charge is 0.173 e. The third-order valence-electron chi connectivity index (χ3n) is 2.70. The lowest BCUT2D eigenvalue weighted by Crippen LogP contribution is -2.30. The third-order valence-corrected chi connectivity index (χ3v) is 3.50. The van der Waals surface area contributed by atoms with Gasteiger partial charge in [-0.05, 0) is 33.6 Å². The van der Waals surface area contributed by atoms with Gasteiger partial charge in [-0.25, -0.2) is 14.2 Å². The van der Waals surface area contributed by atoms with E-state index in [0.29, 0.717) is 5.56 Å². The second-order valence-corrected chi connectivity index (χ2v) is 4.54. The number of nitrogens with zero attached hydrogens (tertiary/aromatic N) is 2. The number of nitrogens with two attached hydrogens (primary N) is 1. The van der Waals surface area contributed by atoms with E-state index in [2.05, 4.69) is 26.5 Å². The Labute approximate surface area is 111 Å². The van der Waals surface area contributed by atoms with E-state index in [4.69, 9.17) is 5.84 Å². The Bertz CT molecular complexity index is 570. The molecule has 18 heavy (non-hydrogen) atoms. The Hall–Kier alpha value is -1.31. The highest BCUT2D eigenvalue weighted by molar-refractivity contribution is 9.10. The van der Waals surface area contributed by atoms with E-state index in [1.807, 2.05) is 0 Å². The van der Waals surface area contributed by atoms with Crippen molar-refractivity contribution in [3.63, 3.8) is 0 Å². The summed E-state index contributed by atoms with van der Waals surface area (Å²) in [6, 6.07) is 3.80. The lowest BCUT2D eigenvalue weighted by atomic mass is 10.0. The molecule has 0 radical (unpaired) electrons. The van der Waals surface area contributed by atoms with Crippen LogP contribution in [-0.2, 0) is 7.05 Å². The van der Waals surface area contributed by atoms with Crippen LogP contribution in [0.3, 0.4) is 0 Å². The predicted octanol–water partition coefficient (Wildman–Crippen LogP) is 2.01. The van der Waals surface area contributed by atoms with Gasteiger partial charge >= 0.3 is 0 Å². The first-order valence-electron chi connectivity index (χ1n) is 5.13. The Kier molecular flexibility index (Phi) is 3.74. The van der Waals surface area contributed by atoms with Crippen molar-refractivity contribution in [1.82, 2.24) is 15.2 Å². The molecule has 1 aromatic carbocycles. The van der Waals surface area contributed by atoms with Gasteiger partial charge in [-0.2, -0.15) is 5.10 Å². The minimum Gasteiger partial charge on any atom is -0.271 e. The molecule has 0 amide bonds. The Morgan fingerprint density at radius 3 is 2.67 bits per heavy atom. The van der Waals surface area contributed by atoms with Crippen molar-refractivity contribution in [2.45, 2.75) is 6.04 Å². The molecule has 0 saturated heterocycles. The fourth-order valence-corrected chi connectivity index (χ4v) is 2.32. The van der Waals surface area contributed by atoms with Crippen molar-refractivity contribution >= 4 is 15.9 Å². The highest BCUT2D eigenvalue weighted by atomic mass is 79.9. The van der Waals surface area contributed by atoms with Crippen molar-refractivity contribution in [1.29, 1.82) is 0 Å². The predicted molar refractivity (Wildman–Crippen MR) is 66.4 cm³/mol. The second kappa shape index (κ2) is 5.13. The molecule has 2 rings (SSSR count). The summed E-state index contributed by atoms with van der Waals surface area (Å²) in [7, 11) is 1.74. The van der Waals surface area contributed by atoms with Gasteiger partial charge in [0.05, 0.1) is 16.2 Å². The molecule has 0 spiro atoms. The zero-order chi connectivity index (χ0) is 13.3. The van der Waals surface area contributed by atoms with E-state index in [0.717, 1.165) is 11.8 Å². The van der Waals surface area contributed by atoms with Gasteiger partial charge in [0.2, 0.25) is 0 Å². The van der Waals surface area contributed by atoms with E-state index in [9.17, 15) is 8.78 Å². The molecule has 2 aromatic rings. The number of benzene rings is 1. The third kappa shape index (κ3) is 2.16. The molecule has 1 unspecified atom stereocenters. The van der Waals surface area contributed by atoms with Crippen LogP contribution in [0, 0.1) is 11.6 Å². The van der Waals surface area contributed by atoms with Crippen LogP contribution in [0.5, 0.6) is 0 Å². The summed E-state index contributed by atoms with van der Waals surface area (Å²) in [4.78, 5) is 0. The Balaban J connectivity index is 2.53. The number of hydrogen-bond acceptors (Lipinski definition) is 3. The molecule has 0 fully saturated rings. The zero-order valence-electron chi connectivity index (χ0n) is 9.49. The first kappa shape index (κ1) is 13.1. The normalized spacial score (nSPS) is 12.7. The van der Waals surface area contributed by atoms with Gasteiger partial charge in [0.1, 0.15) is 0 Å². The summed E-state index contributed by atoms with van der Waals surface area (Å²) in [6.45, 7) is 0. The monoisotopic (exact) mass is 316 g/mol. The van der Waals surface area contributed by atoms with Gasteiger partial charge < -0.3 is 0 Å². The molecule has 7 heteroatoms. The minimum atomic E-state index is -0.935. The molecular weight excluding hydrogens is 306 g/mol. The van der Waals surface area contributed by atoms with Gasteiger partial charge in [-0.15, -0.1) is 0 Å². The summed E-state index contributed by atoms with van der Waals surface area (Å²) < 4.78 is 28.2. The molecule has 0 aliphatic carbocycles. The van der Waals surface area contributed by atoms with Crippen molar-refractivity contribution in [3.8, 4) is 0 Å². The fraction of sp³-hybridized carbons (Fsp3) is 0.182. The Morgan fingerprint density at radius 2 is 2.11 bits per heavy atom. The standard InChI is InChI=1S/C11H11BrF2N4/c1-18-8(4-5-16-18)11(17-15)6-2-3-7(13)10(14)9(6)12/h2-5,11,17H,15H2,1H3. The number of aromatic nitrogens is 2. The van der Waals surface area contributed by atoms with Crippen molar-refractivity contribution in [2.24, 2.45) is 12.9 Å². The molecular formula is C11H11BrF2N4. The quantitative estimate of drug-likeness (QED) is 0.517. The van der Waals surface area contributed by atoms with E-state index in [1.165, 1.54) is 6.07 Å². The van der Waals surface area contributed by atoms with Gasteiger partial charge in [0.15, 0.2) is 11.6 Å². The highest BCUT2D eigenvalue weighted by Gasteiger charge is 2.21. The summed E-state index contributed by atoms with van der Waals surface area (Å²) in [6.07, 6.45) is 1.60. The maximum atomic E-state index is 13.5. The van der Waals surface area contributed by atoms with E-state index in [-0.39, 0.29) is 4.47 Å². The van der Waals surface area contributed by atoms with Crippen LogP contribution in [0.25, 0.3) is 0 Å². The van der Waals surface area contributed by atoms with Gasteiger partial charge in [-0.1, -0.05) is 6.07 Å². The minimum absolute atomic E-state index is 0.0478. The van der Waals surface area contributed by atoms with E-state index in [1.54, 1.807) is 24.0 Å². The number of halogens is 3. The summed E-state index contributed by atoms with van der Waals surface area (Å²) in [5.74, 6) is 3.65. The molecule has 3 N–H and O–H groups in total. The molecule has 4 nitrogen and oxygen atoms in total. The Morgan fingerprint density at radius 1 is 1.39 bits per heavy atom. The summed E-state index contributed by atoms with van der Waals surface area (Å²) in [5, 5.41) is 4.02. The van der Waals surface area contributed by atoms with Crippen molar-refractivity contribution in [2.75, 3.05) is 0 Å². The van der Waals surface area contributed by atoms with Crippen LogP contribution < -0.4 is 11.3 Å². The average molecular weight is 317 g/mol. The second-order valence-electron chi connectivity index (χ2n) is 3.74. The average Bonchev–Trinajstić information content (AvgIpc) is 2.77. The molecule has 0 aliphatic heterocycles. The van der Waals surface area contributed by atoms with Crippen LogP contribution in [0.15, 0.2) is 28.9 Å². The lowest BCUT2D eigenvalue weighted by molar-refractivity contribution is 0.496. The van der Waals surface area contributed by atoms with Crippen molar-refractivity contribution in [3.05, 3.63) is 51.8 Å². The number of nitrogens with one attached hydrogen (secondary N) is 1. The number of hydrogen-bond donors (Lipinski definition) is 2. The van der Waals surface area contributed by atoms with E-state index >= 15 is 0 Å². The first-order valence-corrected chi connectivity index (χ1v) is 5.93. The number of aryl methyl sites for hydroxylation is 1. The van der Waals surface area contributed by atoms with Gasteiger partial charge in [0, 0.05) is 13.2 Å². The summed E-state index contributed by atoms with van der Waals surface area (Å²) in [5.41, 5.74) is 3.81. The zero-order valence-corrected chi connectivity index (χ0v) is 11.1. The van der Waals surface area contributed by atoms with Crippen molar-refractivity contribution < 1.29 is 8.78 Å². The molecule has 0 saturated carbocycles. The molecule has 96 valence electrons. The maximum Gasteiger partial charge on any atom is 0.173 e. The SMILES string of the molecule is Cn1nccc1C(NN)c1ccc(F)c(F)c1Br.